The van der Waals surface area contributed by atoms with Crippen molar-refractivity contribution in [1.29, 1.82) is 0 Å². The minimum absolute atomic E-state index is 0. The van der Waals surface area contributed by atoms with Crippen LogP contribution in [0.4, 0.5) is 0 Å². The molecular weight excluding hydrogens is 296 g/mol. The molecule has 118 valence electrons. The van der Waals surface area contributed by atoms with Gasteiger partial charge in [0.05, 0.1) is 0 Å². The summed E-state index contributed by atoms with van der Waals surface area (Å²) >= 11 is 0. The van der Waals surface area contributed by atoms with Gasteiger partial charge in [0, 0.05) is 25.6 Å². The first kappa shape index (κ1) is 14.5. The first-order valence-corrected chi connectivity index (χ1v) is 8.40. The van der Waals surface area contributed by atoms with Gasteiger partial charge in [0.25, 0.3) is 0 Å². The van der Waals surface area contributed by atoms with Crippen molar-refractivity contribution in [3.8, 4) is 0 Å². The average Bonchev–Trinajstić information content (AvgIpc) is 2.87. The Morgan fingerprint density at radius 2 is 1.86 bits per heavy atom. The third kappa shape index (κ3) is 2.10. The number of hydrogen-bond donors (Lipinski definition) is 2. The zero-order valence-corrected chi connectivity index (χ0v) is 13.5. The minimum atomic E-state index is 0. The maximum Gasteiger partial charge on any atom is 0.223 e. The highest BCUT2D eigenvalue weighted by Crippen LogP contribution is 2.69. The summed E-state index contributed by atoms with van der Waals surface area (Å²) in [5.74, 6) is 3.91. The number of fused-ring (bicyclic) bond motifs is 6. The van der Waals surface area contributed by atoms with Crippen LogP contribution in [0.25, 0.3) is 0 Å². The molecule has 5 rings (SSSR count). The van der Waals surface area contributed by atoms with E-state index in [0.717, 1.165) is 36.8 Å². The van der Waals surface area contributed by atoms with Crippen molar-refractivity contribution in [2.45, 2.75) is 38.9 Å². The predicted octanol–water partition coefficient (Wildman–Crippen LogP) is 2.62. The fourth-order valence-electron chi connectivity index (χ4n) is 5.44. The van der Waals surface area contributed by atoms with Crippen molar-refractivity contribution in [2.24, 2.45) is 29.6 Å². The third-order valence-electron chi connectivity index (χ3n) is 6.41. The van der Waals surface area contributed by atoms with Crippen molar-refractivity contribution in [3.05, 3.63) is 34.9 Å². The molecule has 2 N–H and O–H groups in total. The molecule has 1 aliphatic heterocycles. The highest BCUT2D eigenvalue weighted by molar-refractivity contribution is 5.85. The molecule has 3 saturated carbocycles. The summed E-state index contributed by atoms with van der Waals surface area (Å²) in [5, 5.41) is 6.55. The molecule has 4 heteroatoms. The van der Waals surface area contributed by atoms with Crippen molar-refractivity contribution in [2.75, 3.05) is 0 Å². The van der Waals surface area contributed by atoms with Crippen molar-refractivity contribution in [3.63, 3.8) is 0 Å². The summed E-state index contributed by atoms with van der Waals surface area (Å²) in [4.78, 5) is 12.4. The first-order valence-electron chi connectivity index (χ1n) is 8.40. The molecule has 1 aromatic carbocycles. The van der Waals surface area contributed by atoms with Crippen LogP contribution in [0.15, 0.2) is 18.2 Å². The lowest BCUT2D eigenvalue weighted by molar-refractivity contribution is -0.123. The van der Waals surface area contributed by atoms with E-state index in [-0.39, 0.29) is 12.4 Å². The van der Waals surface area contributed by atoms with Gasteiger partial charge in [-0.1, -0.05) is 18.2 Å². The average molecular weight is 319 g/mol. The predicted molar refractivity (Wildman–Crippen MR) is 87.4 cm³/mol. The molecule has 3 aliphatic carbocycles. The van der Waals surface area contributed by atoms with Crippen molar-refractivity contribution < 1.29 is 4.79 Å². The molecule has 0 radical (unpaired) electrons. The van der Waals surface area contributed by atoms with E-state index in [1.54, 1.807) is 0 Å². The molecule has 3 nitrogen and oxygen atoms in total. The SMILES string of the molecule is Cl.O=C(NCc1ccc2c(c1)CNC2)C1C2C3CCC(C3)C12. The molecule has 4 atom stereocenters. The van der Waals surface area contributed by atoms with Crippen LogP contribution in [0.5, 0.6) is 0 Å². The van der Waals surface area contributed by atoms with Gasteiger partial charge in [-0.15, -0.1) is 12.4 Å². The summed E-state index contributed by atoms with van der Waals surface area (Å²) in [5.41, 5.74) is 4.03. The quantitative estimate of drug-likeness (QED) is 0.899. The zero-order valence-electron chi connectivity index (χ0n) is 12.7. The van der Waals surface area contributed by atoms with E-state index in [1.807, 2.05) is 0 Å². The van der Waals surface area contributed by atoms with Gasteiger partial charge in [-0.05, 0) is 59.6 Å². The number of nitrogens with one attached hydrogen (secondary N) is 2. The summed E-state index contributed by atoms with van der Waals surface area (Å²) in [6.07, 6.45) is 4.18. The normalized spacial score (nSPS) is 36.5. The van der Waals surface area contributed by atoms with Crippen LogP contribution >= 0.6 is 12.4 Å². The lowest BCUT2D eigenvalue weighted by Crippen LogP contribution is -2.27. The number of carbonyl (C=O) groups excluding carboxylic acids is 1. The second-order valence-electron chi connectivity index (χ2n) is 7.44. The van der Waals surface area contributed by atoms with Crippen LogP contribution in [-0.4, -0.2) is 5.91 Å². The van der Waals surface area contributed by atoms with Gasteiger partial charge in [-0.3, -0.25) is 4.79 Å². The Morgan fingerprint density at radius 1 is 1.14 bits per heavy atom. The highest BCUT2D eigenvalue weighted by atomic mass is 35.5. The van der Waals surface area contributed by atoms with Crippen LogP contribution in [-0.2, 0) is 24.4 Å². The van der Waals surface area contributed by atoms with Gasteiger partial charge >= 0.3 is 0 Å². The molecule has 1 aromatic rings. The largest absolute Gasteiger partial charge is 0.352 e. The number of hydrogen-bond acceptors (Lipinski definition) is 2. The zero-order chi connectivity index (χ0) is 14.0. The number of halogens is 1. The highest BCUT2D eigenvalue weighted by Gasteiger charge is 2.67. The summed E-state index contributed by atoms with van der Waals surface area (Å²) < 4.78 is 0. The second kappa shape index (κ2) is 5.24. The molecule has 0 aromatic heterocycles. The Kier molecular flexibility index (Phi) is 3.46. The van der Waals surface area contributed by atoms with Gasteiger partial charge in [-0.2, -0.15) is 0 Å². The van der Waals surface area contributed by atoms with Gasteiger partial charge in [0.1, 0.15) is 0 Å². The number of rotatable bonds is 3. The van der Waals surface area contributed by atoms with E-state index < -0.39 is 0 Å². The molecule has 22 heavy (non-hydrogen) atoms. The van der Waals surface area contributed by atoms with E-state index in [0.29, 0.717) is 18.4 Å². The fourth-order valence-corrected chi connectivity index (χ4v) is 5.44. The Labute approximate surface area is 137 Å². The van der Waals surface area contributed by atoms with E-state index in [4.69, 9.17) is 0 Å². The van der Waals surface area contributed by atoms with Crippen LogP contribution in [0, 0.1) is 29.6 Å². The molecule has 0 spiro atoms. The molecule has 0 saturated heterocycles. The van der Waals surface area contributed by atoms with E-state index in [1.165, 1.54) is 36.0 Å². The second-order valence-corrected chi connectivity index (χ2v) is 7.44. The minimum Gasteiger partial charge on any atom is -0.352 e. The number of amides is 1. The molecule has 1 amide bonds. The van der Waals surface area contributed by atoms with Gasteiger partial charge in [0.15, 0.2) is 0 Å². The number of benzene rings is 1. The fraction of sp³-hybridized carbons (Fsp3) is 0.611. The Morgan fingerprint density at radius 3 is 2.64 bits per heavy atom. The Balaban J connectivity index is 0.00000125. The van der Waals surface area contributed by atoms with E-state index in [9.17, 15) is 4.79 Å². The van der Waals surface area contributed by atoms with Crippen LogP contribution in [0.3, 0.4) is 0 Å². The maximum atomic E-state index is 12.4. The monoisotopic (exact) mass is 318 g/mol. The van der Waals surface area contributed by atoms with Crippen molar-refractivity contribution >= 4 is 18.3 Å². The van der Waals surface area contributed by atoms with Crippen LogP contribution in [0.2, 0.25) is 0 Å². The van der Waals surface area contributed by atoms with Crippen LogP contribution < -0.4 is 10.6 Å². The Bertz CT molecular complexity index is 601. The van der Waals surface area contributed by atoms with Gasteiger partial charge in [-0.25, -0.2) is 0 Å². The van der Waals surface area contributed by atoms with Gasteiger partial charge < -0.3 is 10.6 Å². The third-order valence-corrected chi connectivity index (χ3v) is 6.41. The van der Waals surface area contributed by atoms with Crippen molar-refractivity contribution in [1.82, 2.24) is 10.6 Å². The summed E-state index contributed by atoms with van der Waals surface area (Å²) in [7, 11) is 0. The topological polar surface area (TPSA) is 41.1 Å². The lowest BCUT2D eigenvalue weighted by Gasteiger charge is -2.10. The molecule has 3 fully saturated rings. The maximum absolute atomic E-state index is 12.4. The molecule has 4 unspecified atom stereocenters. The smallest absolute Gasteiger partial charge is 0.223 e. The molecule has 2 bridgehead atoms. The first-order chi connectivity index (χ1) is 10.3. The lowest BCUT2D eigenvalue weighted by atomic mass is 10.0. The van der Waals surface area contributed by atoms with E-state index >= 15 is 0 Å². The van der Waals surface area contributed by atoms with E-state index in [2.05, 4.69) is 28.8 Å². The number of carbonyl (C=O) groups is 1. The Hall–Kier alpha value is -1.06. The molecule has 4 aliphatic rings. The van der Waals surface area contributed by atoms with Gasteiger partial charge in [0.2, 0.25) is 5.91 Å². The standard InChI is InChI=1S/C18H22N2O.ClH/c21-18(17-15-11-3-4-12(6-11)16(15)17)20-7-10-1-2-13-8-19-9-14(13)5-10;/h1-2,5,11-12,15-17,19H,3-4,6-9H2,(H,20,21);1H. The molecule has 1 heterocycles. The molecular formula is C18H23ClN2O. The summed E-state index contributed by atoms with van der Waals surface area (Å²) in [6, 6.07) is 6.60. The summed E-state index contributed by atoms with van der Waals surface area (Å²) in [6.45, 7) is 2.64. The van der Waals surface area contributed by atoms with Crippen LogP contribution in [0.1, 0.15) is 36.0 Å².